The number of rotatable bonds is 7. The molecule has 1 aromatic rings. The Morgan fingerprint density at radius 2 is 1.78 bits per heavy atom. The van der Waals surface area contributed by atoms with Gasteiger partial charge in [0, 0.05) is 13.1 Å². The van der Waals surface area contributed by atoms with Gasteiger partial charge in [-0.1, -0.05) is 12.2 Å². The first-order valence-corrected chi connectivity index (χ1v) is 7.85. The van der Waals surface area contributed by atoms with E-state index in [0.29, 0.717) is 0 Å². The summed E-state index contributed by atoms with van der Waals surface area (Å²) in [7, 11) is 0. The molecule has 1 aliphatic heterocycles. The average molecular weight is 371 g/mol. The molecule has 0 bridgehead atoms. The lowest BCUT2D eigenvalue weighted by molar-refractivity contribution is -0.123. The van der Waals surface area contributed by atoms with Crippen molar-refractivity contribution in [3.8, 4) is 0 Å². The monoisotopic (exact) mass is 371 g/mol. The zero-order valence-electron chi connectivity index (χ0n) is 14.3. The lowest BCUT2D eigenvalue weighted by Gasteiger charge is -2.09. The summed E-state index contributed by atoms with van der Waals surface area (Å²) in [6, 6.07) is 3.14. The third-order valence-corrected chi connectivity index (χ3v) is 3.51. The molecule has 0 aliphatic carbocycles. The predicted molar refractivity (Wildman–Crippen MR) is 94.0 cm³/mol. The molecule has 0 unspecified atom stereocenters. The highest BCUT2D eigenvalue weighted by molar-refractivity contribution is 6.22. The largest absolute Gasteiger partial charge is 0.452 e. The third-order valence-electron chi connectivity index (χ3n) is 3.51. The van der Waals surface area contributed by atoms with Crippen molar-refractivity contribution < 1.29 is 28.7 Å². The Hall–Kier alpha value is -3.75. The van der Waals surface area contributed by atoms with Gasteiger partial charge in [0.25, 0.3) is 17.7 Å². The van der Waals surface area contributed by atoms with Gasteiger partial charge >= 0.3 is 12.0 Å². The van der Waals surface area contributed by atoms with Crippen LogP contribution in [0.25, 0.3) is 0 Å². The van der Waals surface area contributed by atoms with Gasteiger partial charge in [0.2, 0.25) is 0 Å². The van der Waals surface area contributed by atoms with Crippen LogP contribution in [-0.4, -0.2) is 54.3 Å². The van der Waals surface area contributed by atoms with E-state index in [1.807, 2.05) is 5.32 Å². The van der Waals surface area contributed by atoms with Crippen molar-refractivity contribution >= 4 is 29.7 Å². The fourth-order valence-electron chi connectivity index (χ4n) is 2.30. The molecule has 0 fully saturated rings. The molecule has 0 saturated heterocycles. The lowest BCUT2D eigenvalue weighted by atomic mass is 10.1. The van der Waals surface area contributed by atoms with Crippen molar-refractivity contribution in [3.63, 3.8) is 0 Å². The second kappa shape index (κ2) is 8.56. The molecule has 27 heavy (non-hydrogen) atoms. The second-order valence-electron chi connectivity index (χ2n) is 5.39. The highest BCUT2D eigenvalue weighted by Crippen LogP contribution is 2.24. The maximum atomic E-state index is 12.2. The Balaban J connectivity index is 1.99. The van der Waals surface area contributed by atoms with Crippen molar-refractivity contribution in [2.45, 2.75) is 0 Å². The predicted octanol–water partition coefficient (Wildman–Crippen LogP) is 0.637. The van der Waals surface area contributed by atoms with E-state index in [1.54, 1.807) is 0 Å². The molecular weight excluding hydrogens is 354 g/mol. The van der Waals surface area contributed by atoms with Gasteiger partial charge in [-0.25, -0.2) is 9.59 Å². The van der Waals surface area contributed by atoms with E-state index < -0.39 is 36.3 Å². The molecule has 1 heterocycles. The van der Waals surface area contributed by atoms with Crippen LogP contribution in [0.1, 0.15) is 31.1 Å². The molecule has 2 N–H and O–H groups in total. The molecule has 9 nitrogen and oxygen atoms in total. The molecule has 2 rings (SSSR count). The summed E-state index contributed by atoms with van der Waals surface area (Å²) in [6.45, 7) is 6.43. The topological polar surface area (TPSA) is 122 Å². The molecule has 9 heteroatoms. The minimum Gasteiger partial charge on any atom is -0.452 e. The van der Waals surface area contributed by atoms with E-state index in [9.17, 15) is 24.0 Å². The zero-order chi connectivity index (χ0) is 20.0. The maximum Gasteiger partial charge on any atom is 0.338 e. The molecular formula is C18H17N3O6. The number of amides is 5. The van der Waals surface area contributed by atoms with Crippen molar-refractivity contribution in [3.05, 3.63) is 60.2 Å². The number of ether oxygens (including phenoxy) is 1. The van der Waals surface area contributed by atoms with Gasteiger partial charge in [-0.3, -0.25) is 24.6 Å². The van der Waals surface area contributed by atoms with E-state index in [-0.39, 0.29) is 29.8 Å². The van der Waals surface area contributed by atoms with Crippen LogP contribution >= 0.6 is 0 Å². The Labute approximate surface area is 154 Å². The Kier molecular flexibility index (Phi) is 6.21. The maximum absolute atomic E-state index is 12.2. The van der Waals surface area contributed by atoms with Crippen LogP contribution in [0.15, 0.2) is 43.5 Å². The zero-order valence-corrected chi connectivity index (χ0v) is 14.3. The first-order valence-electron chi connectivity index (χ1n) is 7.85. The van der Waals surface area contributed by atoms with Crippen LogP contribution in [0.2, 0.25) is 0 Å². The normalized spacial score (nSPS) is 12.2. The number of fused-ring (bicyclic) bond motifs is 1. The molecule has 0 radical (unpaired) electrons. The smallest absolute Gasteiger partial charge is 0.338 e. The minimum absolute atomic E-state index is 0.000683. The van der Waals surface area contributed by atoms with Gasteiger partial charge in [0.05, 0.1) is 16.7 Å². The SMILES string of the molecule is C=CCNC(=O)NC(=O)COC(=O)c1ccc2c(c1)C(=O)N(CC=C)C2=O. The van der Waals surface area contributed by atoms with Crippen molar-refractivity contribution in [1.29, 1.82) is 0 Å². The van der Waals surface area contributed by atoms with Gasteiger partial charge in [-0.15, -0.1) is 13.2 Å². The van der Waals surface area contributed by atoms with Crippen LogP contribution in [0.3, 0.4) is 0 Å². The van der Waals surface area contributed by atoms with Crippen LogP contribution in [0.5, 0.6) is 0 Å². The highest BCUT2D eigenvalue weighted by atomic mass is 16.5. The Bertz CT molecular complexity index is 845. The summed E-state index contributed by atoms with van der Waals surface area (Å²) < 4.78 is 4.81. The molecule has 0 atom stereocenters. The molecule has 5 amide bonds. The number of hydrogen-bond donors (Lipinski definition) is 2. The molecule has 1 aliphatic rings. The number of nitrogens with one attached hydrogen (secondary N) is 2. The van der Waals surface area contributed by atoms with Crippen molar-refractivity contribution in [2.24, 2.45) is 0 Å². The number of urea groups is 1. The van der Waals surface area contributed by atoms with Gasteiger partial charge in [-0.2, -0.15) is 0 Å². The Morgan fingerprint density at radius 3 is 2.44 bits per heavy atom. The van der Waals surface area contributed by atoms with Crippen LogP contribution in [0, 0.1) is 0 Å². The van der Waals surface area contributed by atoms with Crippen LogP contribution in [0.4, 0.5) is 4.79 Å². The highest BCUT2D eigenvalue weighted by Gasteiger charge is 2.35. The molecule has 0 aromatic heterocycles. The van der Waals surface area contributed by atoms with Gasteiger partial charge in [-0.05, 0) is 18.2 Å². The summed E-state index contributed by atoms with van der Waals surface area (Å²) in [4.78, 5) is 60.3. The summed E-state index contributed by atoms with van der Waals surface area (Å²) in [5.41, 5.74) is 0.249. The van der Waals surface area contributed by atoms with E-state index in [1.165, 1.54) is 30.4 Å². The summed E-state index contributed by atoms with van der Waals surface area (Å²) in [5.74, 6) is -2.71. The third kappa shape index (κ3) is 4.46. The first kappa shape index (κ1) is 19.6. The molecule has 140 valence electrons. The standard InChI is InChI=1S/C18H17N3O6/c1-3-7-19-18(26)20-14(22)10-27-17(25)11-5-6-12-13(9-11)16(24)21(8-4-2)15(12)23/h3-6,9H,1-2,7-8,10H2,(H2,19,20,22,26). The second-order valence-corrected chi connectivity index (χ2v) is 5.39. The Morgan fingerprint density at radius 1 is 1.07 bits per heavy atom. The van der Waals surface area contributed by atoms with Gasteiger partial charge in [0.1, 0.15) is 0 Å². The molecule has 0 saturated carbocycles. The number of imide groups is 2. The van der Waals surface area contributed by atoms with E-state index in [4.69, 9.17) is 4.74 Å². The quantitative estimate of drug-likeness (QED) is 0.412. The number of esters is 1. The first-order chi connectivity index (χ1) is 12.9. The summed E-state index contributed by atoms with van der Waals surface area (Å²) >= 11 is 0. The van der Waals surface area contributed by atoms with Gasteiger partial charge in [0.15, 0.2) is 6.61 Å². The van der Waals surface area contributed by atoms with E-state index >= 15 is 0 Å². The number of carbonyl (C=O) groups is 5. The van der Waals surface area contributed by atoms with Crippen LogP contribution in [-0.2, 0) is 9.53 Å². The molecule has 1 aromatic carbocycles. The average Bonchev–Trinajstić information content (AvgIpc) is 2.89. The summed E-state index contributed by atoms with van der Waals surface area (Å²) in [6.07, 6.45) is 2.85. The fraction of sp³-hybridized carbons (Fsp3) is 0.167. The van der Waals surface area contributed by atoms with Crippen molar-refractivity contribution in [1.82, 2.24) is 15.5 Å². The summed E-state index contributed by atoms with van der Waals surface area (Å²) in [5, 5.41) is 4.29. The minimum atomic E-state index is -0.873. The number of nitrogens with zero attached hydrogens (tertiary/aromatic N) is 1. The number of hydrogen-bond acceptors (Lipinski definition) is 6. The van der Waals surface area contributed by atoms with Gasteiger partial charge < -0.3 is 10.1 Å². The number of carbonyl (C=O) groups excluding carboxylic acids is 5. The number of benzene rings is 1. The fourth-order valence-corrected chi connectivity index (χ4v) is 2.30. The van der Waals surface area contributed by atoms with Crippen molar-refractivity contribution in [2.75, 3.05) is 19.7 Å². The van der Waals surface area contributed by atoms with Crippen LogP contribution < -0.4 is 10.6 Å². The lowest BCUT2D eigenvalue weighted by Crippen LogP contribution is -2.41. The van der Waals surface area contributed by atoms with E-state index in [0.717, 1.165) is 4.90 Å². The molecule has 0 spiro atoms. The van der Waals surface area contributed by atoms with E-state index in [2.05, 4.69) is 18.5 Å².